The van der Waals surface area contributed by atoms with Gasteiger partial charge >= 0.3 is 0 Å². The van der Waals surface area contributed by atoms with Gasteiger partial charge in [-0.05, 0) is 45.0 Å². The lowest BCUT2D eigenvalue weighted by atomic mass is 10.4. The minimum atomic E-state index is 0.898. The van der Waals surface area contributed by atoms with E-state index in [1.54, 1.807) is 0 Å². The Morgan fingerprint density at radius 2 is 1.73 bits per heavy atom. The standard InChI is InChI=1S/C12H16N2S/c1-9-4-5-10(2)14(9)13-8-12-7-6-11(3)15-12/h4-7,13H,8H2,1-3H3. The van der Waals surface area contributed by atoms with E-state index in [1.807, 2.05) is 11.3 Å². The lowest BCUT2D eigenvalue weighted by Crippen LogP contribution is -2.16. The number of aromatic nitrogens is 1. The van der Waals surface area contributed by atoms with E-state index in [0.717, 1.165) is 6.54 Å². The van der Waals surface area contributed by atoms with E-state index in [-0.39, 0.29) is 0 Å². The maximum absolute atomic E-state index is 3.42. The van der Waals surface area contributed by atoms with Crippen LogP contribution in [0.3, 0.4) is 0 Å². The van der Waals surface area contributed by atoms with Gasteiger partial charge in [0, 0.05) is 21.1 Å². The van der Waals surface area contributed by atoms with Crippen molar-refractivity contribution in [3.63, 3.8) is 0 Å². The Kier molecular flexibility index (Phi) is 2.82. The Labute approximate surface area is 94.5 Å². The van der Waals surface area contributed by atoms with Gasteiger partial charge < -0.3 is 5.43 Å². The second kappa shape index (κ2) is 4.11. The third-order valence-corrected chi connectivity index (χ3v) is 3.48. The smallest absolute Gasteiger partial charge is 0.0657 e. The van der Waals surface area contributed by atoms with Gasteiger partial charge in [-0.1, -0.05) is 0 Å². The zero-order valence-electron chi connectivity index (χ0n) is 9.37. The van der Waals surface area contributed by atoms with E-state index in [0.29, 0.717) is 0 Å². The molecule has 2 nitrogen and oxygen atoms in total. The van der Waals surface area contributed by atoms with Crippen LogP contribution in [-0.2, 0) is 6.54 Å². The Hall–Kier alpha value is -1.22. The molecule has 0 aliphatic heterocycles. The molecule has 0 aliphatic rings. The summed E-state index contributed by atoms with van der Waals surface area (Å²) in [5.41, 5.74) is 5.92. The van der Waals surface area contributed by atoms with Crippen LogP contribution < -0.4 is 5.43 Å². The summed E-state index contributed by atoms with van der Waals surface area (Å²) in [6, 6.07) is 8.60. The summed E-state index contributed by atoms with van der Waals surface area (Å²) in [4.78, 5) is 2.74. The van der Waals surface area contributed by atoms with Crippen molar-refractivity contribution >= 4 is 11.3 Å². The van der Waals surface area contributed by atoms with Crippen molar-refractivity contribution in [1.29, 1.82) is 0 Å². The lowest BCUT2D eigenvalue weighted by molar-refractivity contribution is 0.797. The van der Waals surface area contributed by atoms with Gasteiger partial charge in [0.2, 0.25) is 0 Å². The van der Waals surface area contributed by atoms with Gasteiger partial charge in [-0.2, -0.15) is 0 Å². The molecule has 0 bridgehead atoms. The van der Waals surface area contributed by atoms with Gasteiger partial charge in [-0.15, -0.1) is 11.3 Å². The summed E-state index contributed by atoms with van der Waals surface area (Å²) >= 11 is 1.85. The van der Waals surface area contributed by atoms with Gasteiger partial charge in [-0.25, -0.2) is 0 Å². The van der Waals surface area contributed by atoms with Crippen LogP contribution in [-0.4, -0.2) is 4.68 Å². The van der Waals surface area contributed by atoms with E-state index in [4.69, 9.17) is 0 Å². The third-order valence-electron chi connectivity index (χ3n) is 2.48. The highest BCUT2D eigenvalue weighted by Crippen LogP contribution is 2.15. The number of thiophene rings is 1. The highest BCUT2D eigenvalue weighted by atomic mass is 32.1. The average molecular weight is 220 g/mol. The van der Waals surface area contributed by atoms with E-state index >= 15 is 0 Å². The summed E-state index contributed by atoms with van der Waals surface area (Å²) < 4.78 is 2.13. The second-order valence-corrected chi connectivity index (χ2v) is 5.17. The Balaban J connectivity index is 2.05. The minimum Gasteiger partial charge on any atom is -0.321 e. The van der Waals surface area contributed by atoms with Gasteiger partial charge in [0.1, 0.15) is 0 Å². The van der Waals surface area contributed by atoms with Crippen LogP contribution >= 0.6 is 11.3 Å². The number of hydrogen-bond donors (Lipinski definition) is 1. The highest BCUT2D eigenvalue weighted by Gasteiger charge is 2.01. The molecular weight excluding hydrogens is 204 g/mol. The first kappa shape index (κ1) is 10.3. The Morgan fingerprint density at radius 1 is 1.07 bits per heavy atom. The predicted molar refractivity (Wildman–Crippen MR) is 66.0 cm³/mol. The van der Waals surface area contributed by atoms with Crippen molar-refractivity contribution in [2.24, 2.45) is 0 Å². The van der Waals surface area contributed by atoms with Gasteiger partial charge in [0.15, 0.2) is 0 Å². The molecular formula is C12H16N2S. The summed E-state index contributed by atoms with van der Waals surface area (Å²) in [6.07, 6.45) is 0. The quantitative estimate of drug-likeness (QED) is 0.840. The molecule has 0 aliphatic carbocycles. The van der Waals surface area contributed by atoms with Crippen molar-refractivity contribution in [2.45, 2.75) is 27.3 Å². The fraction of sp³-hybridized carbons (Fsp3) is 0.333. The first-order valence-corrected chi connectivity index (χ1v) is 5.92. The van der Waals surface area contributed by atoms with Gasteiger partial charge in [0.25, 0.3) is 0 Å². The number of aryl methyl sites for hydroxylation is 3. The Morgan fingerprint density at radius 3 is 2.27 bits per heavy atom. The SMILES string of the molecule is Cc1ccc(CNn2c(C)ccc2C)s1. The lowest BCUT2D eigenvalue weighted by Gasteiger charge is -2.11. The molecule has 0 amide bonds. The molecule has 0 radical (unpaired) electrons. The third kappa shape index (κ3) is 2.23. The minimum absolute atomic E-state index is 0.898. The molecule has 80 valence electrons. The molecule has 3 heteroatoms. The van der Waals surface area contributed by atoms with Gasteiger partial charge in [-0.3, -0.25) is 4.68 Å². The van der Waals surface area contributed by atoms with Crippen molar-refractivity contribution in [1.82, 2.24) is 4.68 Å². The van der Waals surface area contributed by atoms with Crippen molar-refractivity contribution in [2.75, 3.05) is 5.43 Å². The number of nitrogens with one attached hydrogen (secondary N) is 1. The zero-order chi connectivity index (χ0) is 10.8. The fourth-order valence-electron chi connectivity index (χ4n) is 1.65. The molecule has 0 unspecified atom stereocenters. The molecule has 0 saturated carbocycles. The van der Waals surface area contributed by atoms with Crippen LogP contribution in [0.5, 0.6) is 0 Å². The molecule has 1 N–H and O–H groups in total. The van der Waals surface area contributed by atoms with E-state index in [9.17, 15) is 0 Å². The maximum atomic E-state index is 3.42. The van der Waals surface area contributed by atoms with Gasteiger partial charge in [0.05, 0.1) is 6.54 Å². The molecule has 0 aromatic carbocycles. The normalized spacial score (nSPS) is 10.6. The molecule has 2 heterocycles. The van der Waals surface area contributed by atoms with Crippen LogP contribution in [0.1, 0.15) is 21.1 Å². The van der Waals surface area contributed by atoms with Crippen molar-refractivity contribution in [3.05, 3.63) is 45.4 Å². The van der Waals surface area contributed by atoms with Crippen LogP contribution in [0.15, 0.2) is 24.3 Å². The molecule has 0 atom stereocenters. The van der Waals surface area contributed by atoms with Crippen LogP contribution in [0.25, 0.3) is 0 Å². The first-order chi connectivity index (χ1) is 7.16. The number of rotatable bonds is 3. The molecule has 0 fully saturated rings. The maximum Gasteiger partial charge on any atom is 0.0657 e. The predicted octanol–water partition coefficient (Wildman–Crippen LogP) is 3.22. The van der Waals surface area contributed by atoms with Crippen LogP contribution in [0, 0.1) is 20.8 Å². The average Bonchev–Trinajstić information content (AvgIpc) is 2.73. The Bertz CT molecular complexity index is 434. The summed E-state index contributed by atoms with van der Waals surface area (Å²) in [7, 11) is 0. The van der Waals surface area contributed by atoms with Crippen LogP contribution in [0.2, 0.25) is 0 Å². The second-order valence-electron chi connectivity index (χ2n) is 3.80. The highest BCUT2D eigenvalue weighted by molar-refractivity contribution is 7.11. The molecule has 15 heavy (non-hydrogen) atoms. The molecule has 0 spiro atoms. The van der Waals surface area contributed by atoms with Crippen molar-refractivity contribution < 1.29 is 0 Å². The summed E-state index contributed by atoms with van der Waals surface area (Å²) in [5, 5.41) is 0. The zero-order valence-corrected chi connectivity index (χ0v) is 10.2. The molecule has 2 rings (SSSR count). The summed E-state index contributed by atoms with van der Waals surface area (Å²) in [5.74, 6) is 0. The largest absolute Gasteiger partial charge is 0.321 e. The van der Waals surface area contributed by atoms with E-state index in [2.05, 4.69) is 55.1 Å². The molecule has 2 aromatic rings. The topological polar surface area (TPSA) is 17.0 Å². The first-order valence-electron chi connectivity index (χ1n) is 5.11. The molecule has 2 aromatic heterocycles. The van der Waals surface area contributed by atoms with E-state index < -0.39 is 0 Å². The number of hydrogen-bond acceptors (Lipinski definition) is 2. The number of nitrogens with zero attached hydrogens (tertiary/aromatic N) is 1. The molecule has 0 saturated heterocycles. The monoisotopic (exact) mass is 220 g/mol. The fourth-order valence-corrected chi connectivity index (χ4v) is 2.48. The van der Waals surface area contributed by atoms with Crippen molar-refractivity contribution in [3.8, 4) is 0 Å². The summed E-state index contributed by atoms with van der Waals surface area (Å²) in [6.45, 7) is 7.26. The van der Waals surface area contributed by atoms with Crippen LogP contribution in [0.4, 0.5) is 0 Å². The van der Waals surface area contributed by atoms with E-state index in [1.165, 1.54) is 21.1 Å².